The van der Waals surface area contributed by atoms with Gasteiger partial charge in [0.15, 0.2) is 9.84 Å². The van der Waals surface area contributed by atoms with Crippen LogP contribution in [0.5, 0.6) is 0 Å². The first-order chi connectivity index (χ1) is 11.9. The maximum Gasteiger partial charge on any atom is 0.182 e. The molecule has 7 heteroatoms. The molecule has 1 fully saturated rings. The maximum absolute atomic E-state index is 13.2. The van der Waals surface area contributed by atoms with E-state index < -0.39 is 20.5 Å². The normalized spacial score (nSPS) is 25.5. The zero-order chi connectivity index (χ0) is 18.2. The molecule has 132 valence electrons. The van der Waals surface area contributed by atoms with E-state index in [0.717, 1.165) is 5.56 Å². The number of hydrogen-bond acceptors (Lipinski definition) is 4. The third kappa shape index (κ3) is 2.97. The third-order valence-corrected chi connectivity index (χ3v) is 7.66. The molecule has 2 N–H and O–H groups in total. The summed E-state index contributed by atoms with van der Waals surface area (Å²) in [5, 5.41) is -0.180. The van der Waals surface area contributed by atoms with Crippen LogP contribution in [-0.4, -0.2) is 32.4 Å². The quantitative estimate of drug-likeness (QED) is 0.760. The van der Waals surface area contributed by atoms with Crippen LogP contribution in [0.2, 0.25) is 5.02 Å². The van der Waals surface area contributed by atoms with Gasteiger partial charge in [0.1, 0.15) is 0 Å². The van der Waals surface area contributed by atoms with Crippen LogP contribution in [0.4, 0.5) is 0 Å². The van der Waals surface area contributed by atoms with Gasteiger partial charge >= 0.3 is 0 Å². The van der Waals surface area contributed by atoms with E-state index in [1.165, 1.54) is 7.11 Å². The predicted molar refractivity (Wildman–Crippen MR) is 103 cm³/mol. The molecule has 3 rings (SSSR count). The number of rotatable bonds is 6. The van der Waals surface area contributed by atoms with Crippen molar-refractivity contribution in [2.75, 3.05) is 13.7 Å². The molecule has 0 aliphatic heterocycles. The van der Waals surface area contributed by atoms with Gasteiger partial charge in [-0.2, -0.15) is 0 Å². The van der Waals surface area contributed by atoms with Gasteiger partial charge in [0.25, 0.3) is 0 Å². The SMILES string of the molecule is COC[C@]1(C(N)=S)[C@@H](c2ccc(Cl)cc2)[C@@H]1S(=O)(=O)c1ccccc1. The predicted octanol–water partition coefficient (Wildman–Crippen LogP) is 3.20. The van der Waals surface area contributed by atoms with Gasteiger partial charge in [0, 0.05) is 18.1 Å². The lowest BCUT2D eigenvalue weighted by atomic mass is 10.00. The Hall–Kier alpha value is -1.47. The highest BCUT2D eigenvalue weighted by atomic mass is 35.5. The fourth-order valence-electron chi connectivity index (χ4n) is 3.54. The van der Waals surface area contributed by atoms with Crippen molar-refractivity contribution in [2.24, 2.45) is 11.1 Å². The molecule has 0 heterocycles. The van der Waals surface area contributed by atoms with Crippen molar-refractivity contribution in [1.82, 2.24) is 0 Å². The van der Waals surface area contributed by atoms with Gasteiger partial charge in [-0.15, -0.1) is 0 Å². The molecule has 1 saturated carbocycles. The van der Waals surface area contributed by atoms with E-state index in [-0.39, 0.29) is 22.4 Å². The van der Waals surface area contributed by atoms with Crippen molar-refractivity contribution in [3.8, 4) is 0 Å². The Morgan fingerprint density at radius 1 is 1.20 bits per heavy atom. The van der Waals surface area contributed by atoms with Crippen LogP contribution in [0.1, 0.15) is 11.5 Å². The van der Waals surface area contributed by atoms with E-state index >= 15 is 0 Å². The minimum Gasteiger partial charge on any atom is -0.393 e. The minimum atomic E-state index is -3.63. The van der Waals surface area contributed by atoms with Gasteiger partial charge in [0.05, 0.1) is 27.2 Å². The number of sulfone groups is 1. The average molecular weight is 396 g/mol. The van der Waals surface area contributed by atoms with E-state index in [1.54, 1.807) is 42.5 Å². The lowest BCUT2D eigenvalue weighted by Gasteiger charge is -2.16. The molecule has 0 aromatic heterocycles. The highest BCUT2D eigenvalue weighted by Crippen LogP contribution is 2.64. The van der Waals surface area contributed by atoms with Crippen molar-refractivity contribution in [1.29, 1.82) is 0 Å². The van der Waals surface area contributed by atoms with Crippen LogP contribution in [-0.2, 0) is 14.6 Å². The number of nitrogens with two attached hydrogens (primary N) is 1. The molecule has 3 atom stereocenters. The smallest absolute Gasteiger partial charge is 0.182 e. The fourth-order valence-corrected chi connectivity index (χ4v) is 6.45. The van der Waals surface area contributed by atoms with Gasteiger partial charge in [-0.05, 0) is 29.8 Å². The Labute approximate surface area is 157 Å². The molecule has 0 spiro atoms. The van der Waals surface area contributed by atoms with E-state index in [2.05, 4.69) is 0 Å². The van der Waals surface area contributed by atoms with Crippen LogP contribution in [0.3, 0.4) is 0 Å². The third-order valence-electron chi connectivity index (χ3n) is 4.73. The molecule has 1 aliphatic carbocycles. The van der Waals surface area contributed by atoms with Gasteiger partial charge in [0.2, 0.25) is 0 Å². The second-order valence-corrected chi connectivity index (χ2v) is 9.09. The molecule has 2 aromatic rings. The fraction of sp³-hybridized carbons (Fsp3) is 0.278. The number of ether oxygens (including phenoxy) is 1. The van der Waals surface area contributed by atoms with Gasteiger partial charge in [-0.3, -0.25) is 0 Å². The van der Waals surface area contributed by atoms with Gasteiger partial charge < -0.3 is 10.5 Å². The summed E-state index contributed by atoms with van der Waals surface area (Å²) in [7, 11) is -2.11. The van der Waals surface area contributed by atoms with Crippen LogP contribution in [0.15, 0.2) is 59.5 Å². The first kappa shape index (κ1) is 18.3. The lowest BCUT2D eigenvalue weighted by molar-refractivity contribution is 0.166. The topological polar surface area (TPSA) is 69.4 Å². The number of methoxy groups -OCH3 is 1. The Bertz CT molecular complexity index is 884. The number of thiocarbonyl (C=S) groups is 1. The summed E-state index contributed by atoms with van der Waals surface area (Å²) in [6, 6.07) is 15.5. The number of hydrogen-bond donors (Lipinski definition) is 1. The molecular weight excluding hydrogens is 378 g/mol. The van der Waals surface area contributed by atoms with Gasteiger partial charge in [-0.1, -0.05) is 54.2 Å². The Morgan fingerprint density at radius 3 is 2.32 bits per heavy atom. The van der Waals surface area contributed by atoms with Crippen LogP contribution < -0.4 is 5.73 Å². The summed E-state index contributed by atoms with van der Waals surface area (Å²) >= 11 is 11.2. The second-order valence-electron chi connectivity index (χ2n) is 6.15. The van der Waals surface area contributed by atoms with Crippen molar-refractivity contribution in [2.45, 2.75) is 16.1 Å². The first-order valence-electron chi connectivity index (χ1n) is 7.69. The van der Waals surface area contributed by atoms with Crippen LogP contribution in [0.25, 0.3) is 0 Å². The largest absolute Gasteiger partial charge is 0.393 e. The number of halogens is 1. The molecular formula is C18H18ClNO3S2. The lowest BCUT2D eigenvalue weighted by Crippen LogP contribution is -2.33. The molecule has 2 aromatic carbocycles. The summed E-state index contributed by atoms with van der Waals surface area (Å²) in [6.07, 6.45) is 0. The maximum atomic E-state index is 13.2. The summed E-state index contributed by atoms with van der Waals surface area (Å²) < 4.78 is 31.8. The summed E-state index contributed by atoms with van der Waals surface area (Å²) in [6.45, 7) is 0.145. The molecule has 1 aliphatic rings. The van der Waals surface area contributed by atoms with Gasteiger partial charge in [-0.25, -0.2) is 8.42 Å². The number of benzene rings is 2. The second kappa shape index (κ2) is 6.68. The molecule has 25 heavy (non-hydrogen) atoms. The van der Waals surface area contributed by atoms with Crippen LogP contribution in [0, 0.1) is 5.41 Å². The highest BCUT2D eigenvalue weighted by Gasteiger charge is 2.73. The average Bonchev–Trinajstić information content (AvgIpc) is 3.28. The van der Waals surface area contributed by atoms with Crippen molar-refractivity contribution in [3.63, 3.8) is 0 Å². The molecule has 0 radical (unpaired) electrons. The van der Waals surface area contributed by atoms with E-state index in [0.29, 0.717) is 5.02 Å². The van der Waals surface area contributed by atoms with E-state index in [1.807, 2.05) is 12.1 Å². The van der Waals surface area contributed by atoms with Crippen molar-refractivity contribution in [3.05, 3.63) is 65.2 Å². The molecule has 0 bridgehead atoms. The minimum absolute atomic E-state index is 0.145. The molecule has 0 saturated heterocycles. The molecule has 4 nitrogen and oxygen atoms in total. The zero-order valence-electron chi connectivity index (χ0n) is 13.6. The van der Waals surface area contributed by atoms with Crippen LogP contribution >= 0.6 is 23.8 Å². The Kier molecular flexibility index (Phi) is 4.90. The monoisotopic (exact) mass is 395 g/mol. The molecule has 0 unspecified atom stereocenters. The standard InChI is InChI=1S/C18H18ClNO3S2/c1-23-11-18(17(20)24)15(12-7-9-13(19)10-8-12)16(18)25(21,22)14-5-3-2-4-6-14/h2-10,15-16H,11H2,1H3,(H2,20,24)/t15-,16-,18-/m0/s1. The summed E-state index contributed by atoms with van der Waals surface area (Å²) in [5.41, 5.74) is 5.91. The molecule has 0 amide bonds. The Morgan fingerprint density at radius 2 is 1.80 bits per heavy atom. The van der Waals surface area contributed by atoms with E-state index in [9.17, 15) is 8.42 Å². The first-order valence-corrected chi connectivity index (χ1v) is 10.0. The van der Waals surface area contributed by atoms with Crippen molar-refractivity contribution < 1.29 is 13.2 Å². The summed E-state index contributed by atoms with van der Waals surface area (Å²) in [4.78, 5) is 0.409. The zero-order valence-corrected chi connectivity index (χ0v) is 15.9. The van der Waals surface area contributed by atoms with Crippen molar-refractivity contribution >= 4 is 38.6 Å². The highest BCUT2D eigenvalue weighted by molar-refractivity contribution is 7.92. The van der Waals surface area contributed by atoms with E-state index in [4.69, 9.17) is 34.3 Å². The summed E-state index contributed by atoms with van der Waals surface area (Å²) in [5.74, 6) is -0.368. The Balaban J connectivity index is 2.12.